The van der Waals surface area contributed by atoms with Gasteiger partial charge in [-0.1, -0.05) is 6.92 Å². The summed E-state index contributed by atoms with van der Waals surface area (Å²) >= 11 is 4.97. The first-order chi connectivity index (χ1) is 6.07. The number of rotatable bonds is 5. The minimum atomic E-state index is -0.732. The fourth-order valence-corrected chi connectivity index (χ4v) is 1.47. The van der Waals surface area contributed by atoms with Crippen molar-refractivity contribution in [2.24, 2.45) is 0 Å². The number of nitrogens with one attached hydrogen (secondary N) is 2. The summed E-state index contributed by atoms with van der Waals surface area (Å²) in [6.07, 6.45) is 2.61. The van der Waals surface area contributed by atoms with Crippen LogP contribution in [0.2, 0.25) is 0 Å². The van der Waals surface area contributed by atoms with Crippen LogP contribution in [0.5, 0.6) is 0 Å². The van der Waals surface area contributed by atoms with Crippen molar-refractivity contribution < 1.29 is 4.21 Å². The lowest BCUT2D eigenvalue weighted by Gasteiger charge is -2.11. The topological polar surface area (TPSA) is 41.1 Å². The average molecular weight is 222 g/mol. The zero-order chi connectivity index (χ0) is 10.3. The molecule has 3 nitrogen and oxygen atoms in total. The quantitative estimate of drug-likeness (QED) is 0.670. The fourth-order valence-electron chi connectivity index (χ4n) is 0.778. The molecule has 0 amide bonds. The Morgan fingerprint density at radius 2 is 2.15 bits per heavy atom. The Hall–Kier alpha value is -0.160. The summed E-state index contributed by atoms with van der Waals surface area (Å²) in [4.78, 5) is 0. The van der Waals surface area contributed by atoms with Crippen molar-refractivity contribution >= 4 is 28.1 Å². The highest BCUT2D eigenvalue weighted by Gasteiger charge is 2.05. The molecule has 78 valence electrons. The summed E-state index contributed by atoms with van der Waals surface area (Å²) in [5.74, 6) is 0. The van der Waals surface area contributed by atoms with Gasteiger partial charge in [0.05, 0.1) is 0 Å². The van der Waals surface area contributed by atoms with Gasteiger partial charge in [-0.2, -0.15) is 0 Å². The lowest BCUT2D eigenvalue weighted by Crippen LogP contribution is -2.36. The van der Waals surface area contributed by atoms with Crippen LogP contribution in [0.15, 0.2) is 0 Å². The molecule has 0 saturated heterocycles. The van der Waals surface area contributed by atoms with Gasteiger partial charge >= 0.3 is 0 Å². The van der Waals surface area contributed by atoms with Crippen LogP contribution in [0, 0.1) is 0 Å². The van der Waals surface area contributed by atoms with E-state index in [0.29, 0.717) is 5.11 Å². The largest absolute Gasteiger partial charge is 0.363 e. The lowest BCUT2D eigenvalue weighted by molar-refractivity contribution is 0.665. The van der Waals surface area contributed by atoms with Gasteiger partial charge in [0.15, 0.2) is 5.11 Å². The molecule has 0 fully saturated rings. The molecule has 0 aliphatic heterocycles. The number of hydrogen-bond acceptors (Lipinski definition) is 2. The van der Waals surface area contributed by atoms with Crippen molar-refractivity contribution in [2.45, 2.75) is 25.5 Å². The molecule has 0 aromatic heterocycles. The summed E-state index contributed by atoms with van der Waals surface area (Å²) in [5, 5.41) is 6.96. The second-order valence-corrected chi connectivity index (χ2v) is 5.09. The summed E-state index contributed by atoms with van der Waals surface area (Å²) in [6, 6.07) is 0. The van der Waals surface area contributed by atoms with E-state index in [2.05, 4.69) is 10.6 Å². The van der Waals surface area contributed by atoms with E-state index in [4.69, 9.17) is 12.2 Å². The minimum Gasteiger partial charge on any atom is -0.363 e. The zero-order valence-electron chi connectivity index (χ0n) is 8.42. The molecule has 0 aromatic carbocycles. The summed E-state index contributed by atoms with van der Waals surface area (Å²) in [5.41, 5.74) is 0. The van der Waals surface area contributed by atoms with Crippen LogP contribution in [0.3, 0.4) is 0 Å². The van der Waals surface area contributed by atoms with Gasteiger partial charge in [-0.3, -0.25) is 4.21 Å². The van der Waals surface area contributed by atoms with Crippen molar-refractivity contribution in [3.8, 4) is 0 Å². The Morgan fingerprint density at radius 1 is 1.54 bits per heavy atom. The maximum Gasteiger partial charge on any atom is 0.166 e. The van der Waals surface area contributed by atoms with Crippen molar-refractivity contribution in [1.82, 2.24) is 10.6 Å². The number of hydrogen-bond donors (Lipinski definition) is 2. The van der Waals surface area contributed by atoms with Crippen LogP contribution < -0.4 is 10.6 Å². The molecule has 0 aliphatic carbocycles. The second kappa shape index (κ2) is 7.26. The molecule has 2 N–H and O–H groups in total. The van der Waals surface area contributed by atoms with E-state index in [1.165, 1.54) is 0 Å². The molecule has 0 spiro atoms. The third kappa shape index (κ3) is 6.95. The van der Waals surface area contributed by atoms with Crippen LogP contribution in [0.1, 0.15) is 20.3 Å². The highest BCUT2D eigenvalue weighted by Crippen LogP contribution is 1.96. The Bertz CT molecular complexity index is 185. The van der Waals surface area contributed by atoms with Crippen LogP contribution in [0.4, 0.5) is 0 Å². The van der Waals surface area contributed by atoms with Gasteiger partial charge in [-0.05, 0) is 25.6 Å². The van der Waals surface area contributed by atoms with Gasteiger partial charge in [0.2, 0.25) is 0 Å². The summed E-state index contributed by atoms with van der Waals surface area (Å²) in [6.45, 7) is 5.60. The molecule has 0 saturated carbocycles. The third-order valence-electron chi connectivity index (χ3n) is 1.74. The minimum absolute atomic E-state index is 0.233. The SMILES string of the molecule is CCNC(=S)NCCC(C)S(C)=O. The van der Waals surface area contributed by atoms with Gasteiger partial charge in [-0.25, -0.2) is 0 Å². The molecule has 0 bridgehead atoms. The van der Waals surface area contributed by atoms with E-state index < -0.39 is 10.8 Å². The van der Waals surface area contributed by atoms with Gasteiger partial charge < -0.3 is 10.6 Å². The van der Waals surface area contributed by atoms with E-state index in [0.717, 1.165) is 19.5 Å². The molecular weight excluding hydrogens is 204 g/mol. The Balaban J connectivity index is 3.44. The van der Waals surface area contributed by atoms with Crippen LogP contribution in [-0.2, 0) is 10.8 Å². The second-order valence-electron chi connectivity index (χ2n) is 2.88. The highest BCUT2D eigenvalue weighted by molar-refractivity contribution is 7.84. The Morgan fingerprint density at radius 3 is 2.62 bits per heavy atom. The van der Waals surface area contributed by atoms with E-state index in [9.17, 15) is 4.21 Å². The molecule has 2 atom stereocenters. The molecule has 0 radical (unpaired) electrons. The maximum absolute atomic E-state index is 11.0. The van der Waals surface area contributed by atoms with Gasteiger partial charge in [-0.15, -0.1) is 0 Å². The first-order valence-corrected chi connectivity index (χ1v) is 6.44. The number of thiocarbonyl (C=S) groups is 1. The van der Waals surface area contributed by atoms with Crippen LogP contribution in [-0.4, -0.2) is 33.9 Å². The predicted molar refractivity (Wildman–Crippen MR) is 62.4 cm³/mol. The van der Waals surface area contributed by atoms with Gasteiger partial charge in [0.1, 0.15) is 0 Å². The zero-order valence-corrected chi connectivity index (χ0v) is 10.1. The fraction of sp³-hybridized carbons (Fsp3) is 0.875. The monoisotopic (exact) mass is 222 g/mol. The predicted octanol–water partition coefficient (Wildman–Crippen LogP) is 0.627. The molecule has 13 heavy (non-hydrogen) atoms. The smallest absolute Gasteiger partial charge is 0.166 e. The molecule has 5 heteroatoms. The van der Waals surface area contributed by atoms with E-state index in [1.54, 1.807) is 6.26 Å². The molecule has 2 unspecified atom stereocenters. The van der Waals surface area contributed by atoms with Crippen molar-refractivity contribution in [2.75, 3.05) is 19.3 Å². The highest BCUT2D eigenvalue weighted by atomic mass is 32.2. The van der Waals surface area contributed by atoms with Gasteiger partial charge in [0.25, 0.3) is 0 Å². The van der Waals surface area contributed by atoms with Crippen LogP contribution >= 0.6 is 12.2 Å². The molecule has 0 heterocycles. The van der Waals surface area contributed by atoms with Crippen molar-refractivity contribution in [3.05, 3.63) is 0 Å². The Kier molecular flexibility index (Phi) is 7.17. The third-order valence-corrected chi connectivity index (χ3v) is 3.40. The molecule has 0 aromatic rings. The molecule has 0 aliphatic rings. The Labute approximate surface area is 88.1 Å². The normalized spacial score (nSPS) is 14.7. The summed E-state index contributed by atoms with van der Waals surface area (Å²) in [7, 11) is -0.732. The molecular formula is C8H18N2OS2. The van der Waals surface area contributed by atoms with Crippen molar-refractivity contribution in [3.63, 3.8) is 0 Å². The first-order valence-electron chi connectivity index (χ1n) is 4.41. The average Bonchev–Trinajstić information content (AvgIpc) is 2.04. The first kappa shape index (κ1) is 12.8. The van der Waals surface area contributed by atoms with E-state index in [-0.39, 0.29) is 5.25 Å². The van der Waals surface area contributed by atoms with E-state index >= 15 is 0 Å². The van der Waals surface area contributed by atoms with Crippen molar-refractivity contribution in [1.29, 1.82) is 0 Å². The van der Waals surface area contributed by atoms with E-state index in [1.807, 2.05) is 13.8 Å². The standard InChI is InChI=1S/C8H18N2OS2/c1-4-9-8(12)10-6-5-7(2)13(3)11/h7H,4-6H2,1-3H3,(H2,9,10,12). The van der Waals surface area contributed by atoms with Gasteiger partial charge in [0, 0.05) is 35.4 Å². The summed E-state index contributed by atoms with van der Waals surface area (Å²) < 4.78 is 11.0. The molecule has 0 rings (SSSR count). The van der Waals surface area contributed by atoms with Crippen LogP contribution in [0.25, 0.3) is 0 Å². The lowest BCUT2D eigenvalue weighted by atomic mass is 10.3. The maximum atomic E-state index is 11.0.